The van der Waals surface area contributed by atoms with Gasteiger partial charge in [0, 0.05) is 35.0 Å². The number of carbonyl (C=O) groups excluding carboxylic acids is 1. The first-order chi connectivity index (χ1) is 16.5. The van der Waals surface area contributed by atoms with E-state index in [4.69, 9.17) is 25.8 Å². The summed E-state index contributed by atoms with van der Waals surface area (Å²) in [5, 5.41) is 10.2. The van der Waals surface area contributed by atoms with Crippen molar-refractivity contribution in [2.75, 3.05) is 27.9 Å². The van der Waals surface area contributed by atoms with Crippen molar-refractivity contribution < 1.29 is 19.0 Å². The Bertz CT molecular complexity index is 1310. The summed E-state index contributed by atoms with van der Waals surface area (Å²) in [7, 11) is 4.64. The van der Waals surface area contributed by atoms with Gasteiger partial charge in [0.2, 0.25) is 16.6 Å². The number of carbonyl (C=O) groups is 1. The summed E-state index contributed by atoms with van der Waals surface area (Å²) in [5.74, 6) is 1.98. The van der Waals surface area contributed by atoms with Gasteiger partial charge >= 0.3 is 0 Å². The lowest BCUT2D eigenvalue weighted by Crippen LogP contribution is -2.23. The molecule has 0 aliphatic heterocycles. The Morgan fingerprint density at radius 3 is 2.47 bits per heavy atom. The number of nitrogens with zero attached hydrogens (tertiary/aromatic N) is 3. The van der Waals surface area contributed by atoms with Crippen LogP contribution < -0.4 is 19.5 Å². The maximum absolute atomic E-state index is 12.3. The van der Waals surface area contributed by atoms with E-state index in [9.17, 15) is 4.79 Å². The van der Waals surface area contributed by atoms with Crippen LogP contribution in [0.4, 0.5) is 0 Å². The second-order valence-corrected chi connectivity index (χ2v) is 8.47. The largest absolute Gasteiger partial charge is 0.493 e. The number of fused-ring (bicyclic) bond motifs is 1. The fourth-order valence-electron chi connectivity index (χ4n) is 3.36. The molecule has 176 valence electrons. The Morgan fingerprint density at radius 2 is 1.82 bits per heavy atom. The van der Waals surface area contributed by atoms with Crippen molar-refractivity contribution in [2.24, 2.45) is 0 Å². The van der Waals surface area contributed by atoms with Gasteiger partial charge in [0.15, 0.2) is 17.3 Å². The molecule has 0 saturated heterocycles. The van der Waals surface area contributed by atoms with Gasteiger partial charge in [-0.3, -0.25) is 4.79 Å². The zero-order valence-corrected chi connectivity index (χ0v) is 20.4. The van der Waals surface area contributed by atoms with Crippen LogP contribution in [0.2, 0.25) is 5.02 Å². The number of thiazole rings is 1. The van der Waals surface area contributed by atoms with Gasteiger partial charge in [0.05, 0.1) is 27.0 Å². The Kier molecular flexibility index (Phi) is 7.34. The number of rotatable bonds is 9. The summed E-state index contributed by atoms with van der Waals surface area (Å²) in [6, 6.07) is 11.0. The molecule has 0 saturated carbocycles. The van der Waals surface area contributed by atoms with Crippen molar-refractivity contribution in [3.05, 3.63) is 64.1 Å². The predicted octanol–water partition coefficient (Wildman–Crippen LogP) is 4.51. The van der Waals surface area contributed by atoms with Gasteiger partial charge in [-0.1, -0.05) is 11.6 Å². The molecule has 2 aromatic carbocycles. The summed E-state index contributed by atoms with van der Waals surface area (Å²) >= 11 is 7.47. The SMILES string of the molecule is COc1cc(C=CC(=O)NCCc2csc3nc(-c4ccc(Cl)cc4)nn23)cc(OC)c1OC. The summed E-state index contributed by atoms with van der Waals surface area (Å²) in [6.45, 7) is 0.459. The van der Waals surface area contributed by atoms with Crippen molar-refractivity contribution in [3.63, 3.8) is 0 Å². The molecule has 1 amide bonds. The van der Waals surface area contributed by atoms with Crippen molar-refractivity contribution in [3.8, 4) is 28.6 Å². The van der Waals surface area contributed by atoms with Gasteiger partial charge in [-0.15, -0.1) is 16.4 Å². The van der Waals surface area contributed by atoms with Crippen molar-refractivity contribution in [1.82, 2.24) is 19.9 Å². The van der Waals surface area contributed by atoms with Gasteiger partial charge in [0.1, 0.15) is 0 Å². The van der Waals surface area contributed by atoms with Crippen LogP contribution in [0.1, 0.15) is 11.3 Å². The average Bonchev–Trinajstić information content (AvgIpc) is 3.44. The maximum Gasteiger partial charge on any atom is 0.244 e. The van der Waals surface area contributed by atoms with E-state index in [-0.39, 0.29) is 5.91 Å². The minimum absolute atomic E-state index is 0.208. The third kappa shape index (κ3) is 5.16. The molecule has 8 nitrogen and oxygen atoms in total. The molecule has 0 bridgehead atoms. The highest BCUT2D eigenvalue weighted by Gasteiger charge is 2.13. The molecule has 0 aliphatic rings. The zero-order chi connectivity index (χ0) is 24.1. The van der Waals surface area contributed by atoms with Gasteiger partial charge in [0.25, 0.3) is 0 Å². The van der Waals surface area contributed by atoms with E-state index >= 15 is 0 Å². The lowest BCUT2D eigenvalue weighted by molar-refractivity contribution is -0.116. The first-order valence-electron chi connectivity index (χ1n) is 10.4. The number of benzene rings is 2. The van der Waals surface area contributed by atoms with Crippen LogP contribution in [0, 0.1) is 0 Å². The lowest BCUT2D eigenvalue weighted by Gasteiger charge is -2.12. The van der Waals surface area contributed by atoms with E-state index in [1.165, 1.54) is 17.4 Å². The Labute approximate surface area is 205 Å². The second kappa shape index (κ2) is 10.6. The first-order valence-corrected chi connectivity index (χ1v) is 11.6. The summed E-state index contributed by atoms with van der Waals surface area (Å²) in [6.07, 6.45) is 3.78. The molecule has 2 aromatic heterocycles. The monoisotopic (exact) mass is 498 g/mol. The summed E-state index contributed by atoms with van der Waals surface area (Å²) in [4.78, 5) is 17.7. The fourth-order valence-corrected chi connectivity index (χ4v) is 4.34. The molecule has 0 radical (unpaired) electrons. The number of hydrogen-bond donors (Lipinski definition) is 1. The number of methoxy groups -OCH3 is 3. The number of ether oxygens (including phenoxy) is 3. The normalized spacial score (nSPS) is 11.2. The molecular formula is C24H23ClN4O4S. The van der Waals surface area contributed by atoms with Gasteiger partial charge < -0.3 is 19.5 Å². The third-order valence-electron chi connectivity index (χ3n) is 5.05. The van der Waals surface area contributed by atoms with Gasteiger partial charge in [-0.05, 0) is 48.0 Å². The Morgan fingerprint density at radius 1 is 1.12 bits per heavy atom. The van der Waals surface area contributed by atoms with E-state index in [1.807, 2.05) is 34.2 Å². The van der Waals surface area contributed by atoms with Crippen LogP contribution >= 0.6 is 22.9 Å². The molecule has 1 N–H and O–H groups in total. The number of hydrogen-bond acceptors (Lipinski definition) is 7. The molecule has 0 atom stereocenters. The van der Waals surface area contributed by atoms with E-state index in [0.717, 1.165) is 21.8 Å². The average molecular weight is 499 g/mol. The van der Waals surface area contributed by atoms with Crippen LogP contribution in [0.15, 0.2) is 47.9 Å². The minimum atomic E-state index is -0.208. The first kappa shape index (κ1) is 23.6. The molecule has 0 fully saturated rings. The van der Waals surface area contributed by atoms with Crippen LogP contribution in [-0.4, -0.2) is 48.4 Å². The van der Waals surface area contributed by atoms with Crippen LogP contribution in [-0.2, 0) is 11.2 Å². The maximum atomic E-state index is 12.3. The molecule has 4 rings (SSSR count). The zero-order valence-electron chi connectivity index (χ0n) is 18.9. The van der Waals surface area contributed by atoms with Crippen molar-refractivity contribution >= 4 is 39.9 Å². The smallest absolute Gasteiger partial charge is 0.244 e. The molecule has 2 heterocycles. The number of nitrogens with one attached hydrogen (secondary N) is 1. The number of halogens is 1. The van der Waals surface area contributed by atoms with Crippen molar-refractivity contribution in [2.45, 2.75) is 6.42 Å². The van der Waals surface area contributed by atoms with Crippen LogP contribution in [0.25, 0.3) is 22.4 Å². The highest BCUT2D eigenvalue weighted by Crippen LogP contribution is 2.38. The Hall–Kier alpha value is -3.56. The quantitative estimate of drug-likeness (QED) is 0.342. The highest BCUT2D eigenvalue weighted by molar-refractivity contribution is 7.15. The summed E-state index contributed by atoms with van der Waals surface area (Å²) < 4.78 is 17.8. The van der Waals surface area contributed by atoms with Crippen molar-refractivity contribution in [1.29, 1.82) is 0 Å². The highest BCUT2D eigenvalue weighted by atomic mass is 35.5. The number of amides is 1. The standard InChI is InChI=1S/C24H23ClN4O4S/c1-31-19-12-15(13-20(32-2)22(19)33-3)4-9-21(30)26-11-10-18-14-34-24-27-23(28-29(18)24)16-5-7-17(25)8-6-16/h4-9,12-14H,10-11H2,1-3H3,(H,26,30). The van der Waals surface area contributed by atoms with E-state index in [0.29, 0.717) is 41.1 Å². The van der Waals surface area contributed by atoms with Crippen LogP contribution in [0.5, 0.6) is 17.2 Å². The van der Waals surface area contributed by atoms with E-state index in [1.54, 1.807) is 39.5 Å². The van der Waals surface area contributed by atoms with E-state index in [2.05, 4.69) is 15.4 Å². The molecule has 10 heteroatoms. The minimum Gasteiger partial charge on any atom is -0.493 e. The molecule has 34 heavy (non-hydrogen) atoms. The van der Waals surface area contributed by atoms with Gasteiger partial charge in [-0.2, -0.15) is 4.98 Å². The molecular weight excluding hydrogens is 476 g/mol. The molecule has 4 aromatic rings. The molecule has 0 spiro atoms. The summed E-state index contributed by atoms with van der Waals surface area (Å²) in [5.41, 5.74) is 2.62. The van der Waals surface area contributed by atoms with Crippen LogP contribution in [0.3, 0.4) is 0 Å². The number of aromatic nitrogens is 3. The fraction of sp³-hybridized carbons (Fsp3) is 0.208. The second-order valence-electron chi connectivity index (χ2n) is 7.20. The predicted molar refractivity (Wildman–Crippen MR) is 133 cm³/mol. The topological polar surface area (TPSA) is 87.0 Å². The van der Waals surface area contributed by atoms with Gasteiger partial charge in [-0.25, -0.2) is 4.52 Å². The molecule has 0 unspecified atom stereocenters. The lowest BCUT2D eigenvalue weighted by atomic mass is 10.1. The Balaban J connectivity index is 1.38. The third-order valence-corrected chi connectivity index (χ3v) is 6.16. The molecule has 0 aliphatic carbocycles. The van der Waals surface area contributed by atoms with E-state index < -0.39 is 0 Å².